The Balaban J connectivity index is 1.97. The first-order valence-corrected chi connectivity index (χ1v) is 11.1. The normalized spacial score (nSPS) is 11.6. The first-order chi connectivity index (χ1) is 13.0. The Bertz CT molecular complexity index is 818. The molecule has 0 unspecified atom stereocenters. The third kappa shape index (κ3) is 7.26. The van der Waals surface area contributed by atoms with Crippen molar-refractivity contribution in [3.63, 3.8) is 0 Å². The number of halogens is 2. The molecule has 1 N–H and O–H groups in total. The smallest absolute Gasteiger partial charge is 0.407 e. The van der Waals surface area contributed by atoms with Gasteiger partial charge in [0.1, 0.15) is 18.0 Å². The number of rotatable bonds is 7. The number of alkyl carbamates (subject to hydrolysis) is 1. The summed E-state index contributed by atoms with van der Waals surface area (Å²) in [6, 6.07) is 5.65. The number of amides is 1. The number of ether oxygens (including phenoxy) is 2. The van der Waals surface area contributed by atoms with Crippen molar-refractivity contribution in [2.75, 3.05) is 13.2 Å². The average molecular weight is 490 g/mol. The van der Waals surface area contributed by atoms with Crippen molar-refractivity contribution >= 4 is 45.0 Å². The number of aromatic nitrogens is 1. The van der Waals surface area contributed by atoms with Crippen LogP contribution in [0.25, 0.3) is 11.3 Å². The van der Waals surface area contributed by atoms with E-state index in [1.165, 1.54) is 4.88 Å². The molecular formula is C20H26BrClN2O3S. The molecule has 1 amide bonds. The Morgan fingerprint density at radius 1 is 1.36 bits per heavy atom. The molecule has 2 aromatic rings. The van der Waals surface area contributed by atoms with Crippen LogP contribution in [0.1, 0.15) is 39.5 Å². The van der Waals surface area contributed by atoms with E-state index < -0.39 is 11.7 Å². The number of thiazole rings is 1. The molecule has 28 heavy (non-hydrogen) atoms. The monoisotopic (exact) mass is 488 g/mol. The van der Waals surface area contributed by atoms with Gasteiger partial charge in [-0.05, 0) is 67.2 Å². The Labute approximate surface area is 183 Å². The molecule has 0 aliphatic heterocycles. The molecule has 1 aromatic heterocycles. The highest BCUT2D eigenvalue weighted by Crippen LogP contribution is 2.36. The van der Waals surface area contributed by atoms with E-state index in [1.54, 1.807) is 11.3 Å². The second-order valence-corrected chi connectivity index (χ2v) is 10.5. The van der Waals surface area contributed by atoms with E-state index in [4.69, 9.17) is 21.1 Å². The second-order valence-electron chi connectivity index (χ2n) is 7.76. The number of hydrogen-bond donors (Lipinski definition) is 1. The molecule has 0 atom stereocenters. The van der Waals surface area contributed by atoms with Gasteiger partial charge in [-0.25, -0.2) is 9.78 Å². The van der Waals surface area contributed by atoms with Crippen molar-refractivity contribution in [3.8, 4) is 17.0 Å². The van der Waals surface area contributed by atoms with Crippen molar-refractivity contribution in [1.82, 2.24) is 10.3 Å². The molecule has 0 aliphatic carbocycles. The fourth-order valence-corrected chi connectivity index (χ4v) is 4.47. The van der Waals surface area contributed by atoms with Gasteiger partial charge < -0.3 is 14.8 Å². The molecule has 0 aliphatic rings. The summed E-state index contributed by atoms with van der Waals surface area (Å²) < 4.78 is 11.7. The molecule has 0 saturated heterocycles. The number of nitrogens with one attached hydrogen (secondary N) is 1. The second kappa shape index (κ2) is 9.94. The molecule has 0 fully saturated rings. The van der Waals surface area contributed by atoms with Crippen LogP contribution in [-0.4, -0.2) is 29.8 Å². The van der Waals surface area contributed by atoms with Gasteiger partial charge in [-0.15, -0.1) is 11.3 Å². The van der Waals surface area contributed by atoms with Crippen LogP contribution in [0, 0.1) is 5.92 Å². The van der Waals surface area contributed by atoms with Gasteiger partial charge in [0.05, 0.1) is 17.3 Å². The Morgan fingerprint density at radius 2 is 2.07 bits per heavy atom. The van der Waals surface area contributed by atoms with Crippen molar-refractivity contribution in [1.29, 1.82) is 0 Å². The fraction of sp³-hybridized carbons (Fsp3) is 0.500. The van der Waals surface area contributed by atoms with Gasteiger partial charge in [-0.1, -0.05) is 25.4 Å². The van der Waals surface area contributed by atoms with Gasteiger partial charge in [0, 0.05) is 10.4 Å². The quantitative estimate of drug-likeness (QED) is 0.462. The molecule has 1 aromatic carbocycles. The van der Waals surface area contributed by atoms with Crippen molar-refractivity contribution in [2.24, 2.45) is 5.92 Å². The zero-order valence-corrected chi connectivity index (χ0v) is 19.9. The van der Waals surface area contributed by atoms with Gasteiger partial charge in [-0.2, -0.15) is 0 Å². The lowest BCUT2D eigenvalue weighted by Gasteiger charge is -2.19. The van der Waals surface area contributed by atoms with Crippen LogP contribution in [0.2, 0.25) is 5.02 Å². The maximum absolute atomic E-state index is 11.6. The minimum absolute atomic E-state index is 0.291. The zero-order chi connectivity index (χ0) is 20.9. The van der Waals surface area contributed by atoms with Gasteiger partial charge in [0.2, 0.25) is 0 Å². The summed E-state index contributed by atoms with van der Waals surface area (Å²) in [4.78, 5) is 17.5. The average Bonchev–Trinajstić information content (AvgIpc) is 2.90. The summed E-state index contributed by atoms with van der Waals surface area (Å²) in [7, 11) is 0. The van der Waals surface area contributed by atoms with E-state index >= 15 is 0 Å². The van der Waals surface area contributed by atoms with Crippen LogP contribution < -0.4 is 10.1 Å². The summed E-state index contributed by atoms with van der Waals surface area (Å²) in [5, 5.41) is 3.16. The molecular weight excluding hydrogens is 464 g/mol. The molecule has 0 spiro atoms. The van der Waals surface area contributed by atoms with Crippen LogP contribution in [0.5, 0.6) is 5.75 Å². The van der Waals surface area contributed by atoms with Crippen LogP contribution in [-0.2, 0) is 11.2 Å². The van der Waals surface area contributed by atoms with Crippen molar-refractivity contribution in [2.45, 2.75) is 46.6 Å². The van der Waals surface area contributed by atoms with Gasteiger partial charge in [-0.3, -0.25) is 0 Å². The first-order valence-electron chi connectivity index (χ1n) is 9.10. The minimum atomic E-state index is -0.525. The highest BCUT2D eigenvalue weighted by Gasteiger charge is 2.16. The van der Waals surface area contributed by atoms with Crippen molar-refractivity contribution in [3.05, 3.63) is 32.0 Å². The van der Waals surface area contributed by atoms with Crippen LogP contribution >= 0.6 is 38.9 Å². The number of carbonyl (C=O) groups is 1. The molecule has 5 nitrogen and oxygen atoms in total. The standard InChI is InChI=1S/C20H26BrClN2O3S/c1-12(2)10-16-17(24-18(21)28-16)13-6-7-15(14(22)11-13)26-9-8-23-19(25)27-20(3,4)5/h6-7,11-12H,8-10H2,1-5H3,(H,23,25). The van der Waals surface area contributed by atoms with E-state index in [2.05, 4.69) is 40.1 Å². The van der Waals surface area contributed by atoms with E-state index in [0.717, 1.165) is 21.6 Å². The Hall–Kier alpha value is -1.31. The topological polar surface area (TPSA) is 60.5 Å². The summed E-state index contributed by atoms with van der Waals surface area (Å²) in [5.74, 6) is 1.11. The van der Waals surface area contributed by atoms with Crippen LogP contribution in [0.4, 0.5) is 4.79 Å². The van der Waals surface area contributed by atoms with Crippen molar-refractivity contribution < 1.29 is 14.3 Å². The SMILES string of the molecule is CC(C)Cc1sc(Br)nc1-c1ccc(OCCNC(=O)OC(C)(C)C)c(Cl)c1. The molecule has 8 heteroatoms. The first kappa shape index (κ1) is 23.0. The Morgan fingerprint density at radius 3 is 2.68 bits per heavy atom. The van der Waals surface area contributed by atoms with E-state index in [-0.39, 0.29) is 0 Å². The van der Waals surface area contributed by atoms with Gasteiger partial charge in [0.15, 0.2) is 3.92 Å². The molecule has 0 saturated carbocycles. The fourth-order valence-electron chi connectivity index (χ4n) is 2.45. The lowest BCUT2D eigenvalue weighted by molar-refractivity contribution is 0.0520. The zero-order valence-electron chi connectivity index (χ0n) is 16.8. The molecule has 0 bridgehead atoms. The Kier molecular flexibility index (Phi) is 8.16. The lowest BCUT2D eigenvalue weighted by atomic mass is 10.0. The summed E-state index contributed by atoms with van der Waals surface area (Å²) >= 11 is 11.5. The highest BCUT2D eigenvalue weighted by atomic mass is 79.9. The summed E-state index contributed by atoms with van der Waals surface area (Å²) in [5.41, 5.74) is 1.39. The minimum Gasteiger partial charge on any atom is -0.490 e. The van der Waals surface area contributed by atoms with E-state index in [0.29, 0.717) is 29.8 Å². The number of nitrogens with zero attached hydrogens (tertiary/aromatic N) is 1. The van der Waals surface area contributed by atoms with Gasteiger partial charge in [0.25, 0.3) is 0 Å². The molecule has 1 heterocycles. The molecule has 154 valence electrons. The third-order valence-corrected chi connectivity index (χ3v) is 5.32. The number of carbonyl (C=O) groups excluding carboxylic acids is 1. The molecule has 0 radical (unpaired) electrons. The number of hydrogen-bond acceptors (Lipinski definition) is 5. The van der Waals surface area contributed by atoms with Crippen LogP contribution in [0.3, 0.4) is 0 Å². The molecule has 2 rings (SSSR count). The predicted octanol–water partition coefficient (Wildman–Crippen LogP) is 6.33. The highest BCUT2D eigenvalue weighted by molar-refractivity contribution is 9.11. The number of benzene rings is 1. The van der Waals surface area contributed by atoms with E-state index in [9.17, 15) is 4.79 Å². The van der Waals surface area contributed by atoms with Gasteiger partial charge >= 0.3 is 6.09 Å². The lowest BCUT2D eigenvalue weighted by Crippen LogP contribution is -2.34. The predicted molar refractivity (Wildman–Crippen MR) is 119 cm³/mol. The maximum Gasteiger partial charge on any atom is 0.407 e. The third-order valence-electron chi connectivity index (χ3n) is 3.50. The van der Waals surface area contributed by atoms with Crippen LogP contribution in [0.15, 0.2) is 22.1 Å². The summed E-state index contributed by atoms with van der Waals surface area (Å²) in [6.07, 6.45) is 0.495. The maximum atomic E-state index is 11.6. The largest absolute Gasteiger partial charge is 0.490 e. The van der Waals surface area contributed by atoms with E-state index in [1.807, 2.05) is 39.0 Å². The summed E-state index contributed by atoms with van der Waals surface area (Å²) in [6.45, 7) is 10.4.